The average Bonchev–Trinajstić information content (AvgIpc) is 3.35. The van der Waals surface area contributed by atoms with Crippen molar-refractivity contribution in [1.82, 2.24) is 31.1 Å². The number of hydrogen-bond donors (Lipinski definition) is 5. The van der Waals surface area contributed by atoms with Crippen molar-refractivity contribution in [2.24, 2.45) is 17.8 Å². The van der Waals surface area contributed by atoms with Gasteiger partial charge in [0.15, 0.2) is 6.10 Å². The average molecular weight is 989 g/mol. The Hall–Kier alpha value is -6.56. The van der Waals surface area contributed by atoms with Gasteiger partial charge in [-0.15, -0.1) is 0 Å². The monoisotopic (exact) mass is 989 g/mol. The van der Waals surface area contributed by atoms with Crippen LogP contribution in [0.4, 0.5) is 4.79 Å². The molecule has 6 amide bonds. The number of allylic oxidation sites excluding steroid dienone is 1. The van der Waals surface area contributed by atoms with E-state index in [9.17, 15) is 43.5 Å². The van der Waals surface area contributed by atoms with Crippen molar-refractivity contribution in [3.8, 4) is 0 Å². The molecule has 0 unspecified atom stereocenters. The zero-order valence-corrected chi connectivity index (χ0v) is 43.4. The molecule has 9 atom stereocenters. The fraction of sp³-hybridized carbons (Fsp3) is 0.547. The van der Waals surface area contributed by atoms with Crippen molar-refractivity contribution in [3.63, 3.8) is 0 Å². The van der Waals surface area contributed by atoms with Gasteiger partial charge in [0.05, 0.1) is 13.2 Å². The maximum atomic E-state index is 14.3. The number of benzene rings is 2. The van der Waals surface area contributed by atoms with E-state index < -0.39 is 108 Å². The second-order valence-electron chi connectivity index (χ2n) is 18.9. The molecule has 2 aromatic carbocycles. The summed E-state index contributed by atoms with van der Waals surface area (Å²) in [4.78, 5) is 113. The van der Waals surface area contributed by atoms with E-state index in [1.54, 1.807) is 82.3 Å². The number of likely N-dealkylation sites (N-methyl/N-ethyl adjacent to an activating group) is 2. The van der Waals surface area contributed by atoms with E-state index in [1.165, 1.54) is 45.8 Å². The topological polar surface area (TPSA) is 239 Å². The molecule has 2 aromatic rings. The minimum atomic E-state index is -1.33. The summed E-state index contributed by atoms with van der Waals surface area (Å²) in [6, 6.07) is 11.2. The summed E-state index contributed by atoms with van der Waals surface area (Å²) < 4.78 is 17.9. The summed E-state index contributed by atoms with van der Waals surface area (Å²) in [6.45, 7) is 16.3. The SMILES string of the molecule is C/C=C(\C)[C@H]1OC(=O)[C@@H](C)NC(=O)[C@H]([C@H](C)CC)NC(=O)CN(C)C(=O)[C@@H](Cc2ccccc2)N(C)C(=O)[C@H](C)NC(=O)[C@@H](CC(C)C)OC(=O)/C(C)=C/C[C@H](OC(=O)NCc2ccc(CO)cc2)[C@@H]1C. The van der Waals surface area contributed by atoms with Crippen molar-refractivity contribution in [2.45, 2.75) is 151 Å². The maximum Gasteiger partial charge on any atom is 0.407 e. The summed E-state index contributed by atoms with van der Waals surface area (Å²) in [5.41, 5.74) is 2.81. The molecule has 0 fully saturated rings. The molecule has 0 bridgehead atoms. The largest absolute Gasteiger partial charge is 0.456 e. The molecule has 1 aliphatic rings. The van der Waals surface area contributed by atoms with Crippen molar-refractivity contribution in [1.29, 1.82) is 0 Å². The van der Waals surface area contributed by atoms with Gasteiger partial charge >= 0.3 is 18.0 Å². The lowest BCUT2D eigenvalue weighted by molar-refractivity contribution is -0.155. The summed E-state index contributed by atoms with van der Waals surface area (Å²) in [5, 5.41) is 20.2. The van der Waals surface area contributed by atoms with Crippen LogP contribution in [0.3, 0.4) is 0 Å². The fourth-order valence-corrected chi connectivity index (χ4v) is 7.81. The molecule has 0 radical (unpaired) electrons. The van der Waals surface area contributed by atoms with Gasteiger partial charge in [-0.25, -0.2) is 14.4 Å². The smallest absolute Gasteiger partial charge is 0.407 e. The third-order valence-corrected chi connectivity index (χ3v) is 12.7. The normalized spacial score (nSPS) is 25.7. The molecule has 71 heavy (non-hydrogen) atoms. The van der Waals surface area contributed by atoms with Gasteiger partial charge in [0.2, 0.25) is 23.6 Å². The number of esters is 2. The Morgan fingerprint density at radius 3 is 2.07 bits per heavy atom. The van der Waals surface area contributed by atoms with E-state index in [0.717, 1.165) is 16.0 Å². The Bertz CT molecular complexity index is 2210. The van der Waals surface area contributed by atoms with Crippen molar-refractivity contribution >= 4 is 47.6 Å². The number of amides is 6. The zero-order valence-electron chi connectivity index (χ0n) is 43.4. The van der Waals surface area contributed by atoms with Crippen molar-refractivity contribution in [2.75, 3.05) is 20.6 Å². The molecule has 0 saturated carbocycles. The highest BCUT2D eigenvalue weighted by molar-refractivity contribution is 5.96. The maximum absolute atomic E-state index is 14.3. The first-order valence-corrected chi connectivity index (χ1v) is 24.3. The van der Waals surface area contributed by atoms with Crippen LogP contribution >= 0.6 is 0 Å². The van der Waals surface area contributed by atoms with Gasteiger partial charge in [-0.2, -0.15) is 0 Å². The Morgan fingerprint density at radius 2 is 1.48 bits per heavy atom. The quantitative estimate of drug-likeness (QED) is 0.117. The van der Waals surface area contributed by atoms with Gasteiger partial charge < -0.3 is 50.4 Å². The molecule has 0 saturated heterocycles. The van der Waals surface area contributed by atoms with Gasteiger partial charge in [-0.05, 0) is 75.1 Å². The minimum Gasteiger partial charge on any atom is -0.456 e. The molecule has 390 valence electrons. The molecule has 3 rings (SSSR count). The van der Waals surface area contributed by atoms with Crippen molar-refractivity contribution in [3.05, 3.63) is 94.6 Å². The van der Waals surface area contributed by atoms with Crippen LogP contribution in [0.5, 0.6) is 0 Å². The van der Waals surface area contributed by atoms with Crippen LogP contribution < -0.4 is 21.3 Å². The molecular formula is C53H76N6O12. The summed E-state index contributed by atoms with van der Waals surface area (Å²) in [6.07, 6.45) is -0.424. The number of rotatable bonds is 11. The third kappa shape index (κ3) is 18.0. The van der Waals surface area contributed by atoms with Crippen molar-refractivity contribution < 1.29 is 57.7 Å². The highest BCUT2D eigenvalue weighted by Crippen LogP contribution is 2.26. The van der Waals surface area contributed by atoms with E-state index in [1.807, 2.05) is 26.8 Å². The number of nitrogens with zero attached hydrogens (tertiary/aromatic N) is 2. The molecule has 5 N–H and O–H groups in total. The number of aliphatic hydroxyl groups is 1. The second kappa shape index (κ2) is 28.3. The Morgan fingerprint density at radius 1 is 0.859 bits per heavy atom. The van der Waals surface area contributed by atoms with Gasteiger partial charge in [0.25, 0.3) is 5.91 Å². The predicted octanol–water partition coefficient (Wildman–Crippen LogP) is 4.66. The Kier molecular flexibility index (Phi) is 23.4. The van der Waals surface area contributed by atoms with E-state index in [-0.39, 0.29) is 43.9 Å². The van der Waals surface area contributed by atoms with Crippen LogP contribution in [0.25, 0.3) is 0 Å². The standard InChI is InChI=1S/C53H76N6O12/c1-13-32(5)45-48(63)56-37(10)52(67)71-46(33(6)14-2)35(8)42(70-53(68)54-28-39-21-23-40(30-60)24-22-39)25-20-34(7)51(66)69-43(26-31(3)4)47(62)55-36(9)49(64)59(12)41(27-38-18-16-15-17-19-38)50(65)58(11)29-44(61)57-45/h14-24,31-32,35-37,41-43,45-46,60H,13,25-30H2,1-12H3,(H,54,68)(H,55,62)(H,56,63)(H,57,61)/b33-14+,34-20+/t32-,35+,36+,37-,41-,42+,43-,45+,46-/m1/s1. The summed E-state index contributed by atoms with van der Waals surface area (Å²) >= 11 is 0. The Labute approximate surface area is 418 Å². The van der Waals surface area contributed by atoms with Crippen LogP contribution in [0.2, 0.25) is 0 Å². The summed E-state index contributed by atoms with van der Waals surface area (Å²) in [5.74, 6) is -6.29. The van der Waals surface area contributed by atoms with Gasteiger partial charge in [-0.1, -0.05) is 108 Å². The lowest BCUT2D eigenvalue weighted by Gasteiger charge is -2.33. The number of aliphatic hydroxyl groups excluding tert-OH is 1. The number of carbonyl (C=O) groups excluding carboxylic acids is 8. The van der Waals surface area contributed by atoms with E-state index >= 15 is 0 Å². The molecule has 1 heterocycles. The van der Waals surface area contributed by atoms with Crippen LogP contribution in [0, 0.1) is 17.8 Å². The predicted molar refractivity (Wildman–Crippen MR) is 267 cm³/mol. The molecule has 0 aromatic heterocycles. The van der Waals surface area contributed by atoms with Crippen LogP contribution in [0.15, 0.2) is 77.9 Å². The first-order valence-electron chi connectivity index (χ1n) is 24.3. The summed E-state index contributed by atoms with van der Waals surface area (Å²) in [7, 11) is 2.83. The van der Waals surface area contributed by atoms with Crippen LogP contribution in [-0.2, 0) is 67.3 Å². The first-order chi connectivity index (χ1) is 33.5. The van der Waals surface area contributed by atoms with Gasteiger partial charge in [-0.3, -0.25) is 24.0 Å². The molecule has 18 heteroatoms. The van der Waals surface area contributed by atoms with E-state index in [2.05, 4.69) is 21.3 Å². The molecule has 0 aliphatic carbocycles. The zero-order chi connectivity index (χ0) is 53.1. The molecular weight excluding hydrogens is 913 g/mol. The molecule has 1 aliphatic heterocycles. The highest BCUT2D eigenvalue weighted by atomic mass is 16.6. The number of alkyl carbamates (subject to hydrolysis) is 1. The van der Waals surface area contributed by atoms with E-state index in [4.69, 9.17) is 14.2 Å². The molecule has 18 nitrogen and oxygen atoms in total. The van der Waals surface area contributed by atoms with Crippen LogP contribution in [0.1, 0.15) is 105 Å². The lowest BCUT2D eigenvalue weighted by Crippen LogP contribution is -2.57. The highest BCUT2D eigenvalue weighted by Gasteiger charge is 2.37. The van der Waals surface area contributed by atoms with Gasteiger partial charge in [0.1, 0.15) is 36.4 Å². The third-order valence-electron chi connectivity index (χ3n) is 12.7. The number of ether oxygens (including phenoxy) is 3. The minimum absolute atomic E-state index is 0.0594. The lowest BCUT2D eigenvalue weighted by atomic mass is 9.90. The second-order valence-corrected chi connectivity index (χ2v) is 18.9. The first kappa shape index (κ1) is 58.8. The number of nitrogens with one attached hydrogen (secondary N) is 4. The number of cyclic esters (lactones) is 2. The van der Waals surface area contributed by atoms with Gasteiger partial charge in [0, 0.05) is 45.0 Å². The number of carbonyl (C=O) groups is 8. The van der Waals surface area contributed by atoms with E-state index in [0.29, 0.717) is 17.6 Å². The van der Waals surface area contributed by atoms with Crippen LogP contribution in [-0.4, -0.2) is 126 Å². The molecule has 0 spiro atoms. The Balaban J connectivity index is 2.11. The fourth-order valence-electron chi connectivity index (χ4n) is 7.81. The number of hydrogen-bond acceptors (Lipinski definition) is 12.